The van der Waals surface area contributed by atoms with Crippen LogP contribution in [-0.4, -0.2) is 20.1 Å². The summed E-state index contributed by atoms with van der Waals surface area (Å²) in [5.74, 6) is 1.11. The number of aromatic hydroxyl groups is 1. The molecule has 2 heterocycles. The molecule has 5 nitrogen and oxygen atoms in total. The predicted octanol–water partition coefficient (Wildman–Crippen LogP) is 6.51. The molecule has 4 rings (SSSR count). The van der Waals surface area contributed by atoms with E-state index in [2.05, 4.69) is 20.3 Å². The smallest absolute Gasteiger partial charge is 0.416 e. The highest BCUT2D eigenvalue weighted by molar-refractivity contribution is 5.91. The Morgan fingerprint density at radius 3 is 2.42 bits per heavy atom. The zero-order valence-corrected chi connectivity index (χ0v) is 18.6. The van der Waals surface area contributed by atoms with Crippen LogP contribution in [0.5, 0.6) is 5.75 Å². The largest absolute Gasteiger partial charge is 0.507 e. The summed E-state index contributed by atoms with van der Waals surface area (Å²) in [6.07, 6.45) is -2.80. The van der Waals surface area contributed by atoms with Gasteiger partial charge in [0.25, 0.3) is 0 Å². The molecule has 0 spiro atoms. The molecule has 2 N–H and O–H groups in total. The lowest BCUT2D eigenvalue weighted by atomic mass is 9.97. The topological polar surface area (TPSA) is 70.9 Å². The fraction of sp³-hybridized carbons (Fsp3) is 0.240. The SMILES string of the molecule is Cc1nc(N[C@H](C)c2cccc(C(F)(F)F)c2C)c2cnc(-c3c(C)cccc3O)cc2n1. The van der Waals surface area contributed by atoms with Crippen molar-refractivity contribution in [3.05, 3.63) is 76.7 Å². The number of halogens is 3. The number of alkyl halides is 3. The number of rotatable bonds is 4. The van der Waals surface area contributed by atoms with Crippen LogP contribution in [0.15, 0.2) is 48.7 Å². The van der Waals surface area contributed by atoms with E-state index in [1.807, 2.05) is 13.0 Å². The van der Waals surface area contributed by atoms with Crippen LogP contribution in [0.4, 0.5) is 19.0 Å². The molecular weight excluding hydrogens is 429 g/mol. The Hall–Kier alpha value is -3.68. The molecule has 0 fully saturated rings. The molecule has 0 amide bonds. The summed E-state index contributed by atoms with van der Waals surface area (Å²) < 4.78 is 40.0. The number of nitrogens with zero attached hydrogens (tertiary/aromatic N) is 3. The van der Waals surface area contributed by atoms with Gasteiger partial charge in [0.05, 0.1) is 28.2 Å². The molecule has 8 heteroatoms. The van der Waals surface area contributed by atoms with Gasteiger partial charge in [-0.05, 0) is 62.6 Å². The second-order valence-corrected chi connectivity index (χ2v) is 8.06. The summed E-state index contributed by atoms with van der Waals surface area (Å²) in [5, 5.41) is 14.2. The maximum absolute atomic E-state index is 13.3. The van der Waals surface area contributed by atoms with E-state index in [1.54, 1.807) is 44.3 Å². The molecule has 170 valence electrons. The number of nitrogens with one attached hydrogen (secondary N) is 1. The molecule has 0 saturated heterocycles. The number of hydrogen-bond acceptors (Lipinski definition) is 5. The third-order valence-electron chi connectivity index (χ3n) is 5.70. The van der Waals surface area contributed by atoms with E-state index in [1.165, 1.54) is 13.0 Å². The van der Waals surface area contributed by atoms with E-state index >= 15 is 0 Å². The fourth-order valence-electron chi connectivity index (χ4n) is 4.09. The Morgan fingerprint density at radius 1 is 1.00 bits per heavy atom. The van der Waals surface area contributed by atoms with Crippen molar-refractivity contribution in [1.29, 1.82) is 0 Å². The molecule has 0 bridgehead atoms. The van der Waals surface area contributed by atoms with Gasteiger partial charge < -0.3 is 10.4 Å². The molecule has 0 aliphatic rings. The van der Waals surface area contributed by atoms with Gasteiger partial charge in [-0.3, -0.25) is 4.98 Å². The van der Waals surface area contributed by atoms with Crippen LogP contribution in [-0.2, 0) is 6.18 Å². The van der Waals surface area contributed by atoms with E-state index in [0.29, 0.717) is 39.4 Å². The van der Waals surface area contributed by atoms with Crippen molar-refractivity contribution in [2.24, 2.45) is 0 Å². The minimum absolute atomic E-state index is 0.125. The molecule has 0 radical (unpaired) electrons. The van der Waals surface area contributed by atoms with E-state index in [9.17, 15) is 18.3 Å². The number of pyridine rings is 1. The first-order valence-corrected chi connectivity index (χ1v) is 10.4. The van der Waals surface area contributed by atoms with Crippen molar-refractivity contribution in [2.45, 2.75) is 39.9 Å². The summed E-state index contributed by atoms with van der Waals surface area (Å²) in [4.78, 5) is 13.5. The Bertz CT molecular complexity index is 1330. The number of aryl methyl sites for hydroxylation is 2. The number of benzene rings is 2. The standard InChI is InChI=1S/C25H23F3N4O/c1-13-7-5-10-22(33)23(13)21-11-20-18(12-29-21)24(32-16(4)31-20)30-15(3)17-8-6-9-19(14(17)2)25(26,27)28/h5-12,15,33H,1-4H3,(H,30,31,32)/t15-/m1/s1. The number of anilines is 1. The van der Waals surface area contributed by atoms with Gasteiger partial charge in [0.2, 0.25) is 0 Å². The first kappa shape index (κ1) is 22.5. The highest BCUT2D eigenvalue weighted by Gasteiger charge is 2.33. The highest BCUT2D eigenvalue weighted by atomic mass is 19.4. The van der Waals surface area contributed by atoms with E-state index < -0.39 is 17.8 Å². The molecule has 1 atom stereocenters. The monoisotopic (exact) mass is 452 g/mol. The molecule has 0 unspecified atom stereocenters. The molecule has 0 saturated carbocycles. The quantitative estimate of drug-likeness (QED) is 0.369. The molecule has 33 heavy (non-hydrogen) atoms. The van der Waals surface area contributed by atoms with Gasteiger partial charge in [-0.25, -0.2) is 9.97 Å². The Morgan fingerprint density at radius 2 is 1.73 bits per heavy atom. The summed E-state index contributed by atoms with van der Waals surface area (Å²) >= 11 is 0. The second-order valence-electron chi connectivity index (χ2n) is 8.06. The third kappa shape index (κ3) is 4.33. The number of fused-ring (bicyclic) bond motifs is 1. The van der Waals surface area contributed by atoms with E-state index in [0.717, 1.165) is 11.6 Å². The van der Waals surface area contributed by atoms with Crippen molar-refractivity contribution in [3.63, 3.8) is 0 Å². The van der Waals surface area contributed by atoms with Crippen molar-refractivity contribution in [2.75, 3.05) is 5.32 Å². The first-order chi connectivity index (χ1) is 15.6. The average Bonchev–Trinajstić information content (AvgIpc) is 2.72. The maximum atomic E-state index is 13.3. The van der Waals surface area contributed by atoms with Crippen LogP contribution in [0.3, 0.4) is 0 Å². The number of hydrogen-bond donors (Lipinski definition) is 2. The van der Waals surface area contributed by atoms with Gasteiger partial charge in [0.15, 0.2) is 0 Å². The minimum Gasteiger partial charge on any atom is -0.507 e. The van der Waals surface area contributed by atoms with Gasteiger partial charge in [0, 0.05) is 11.8 Å². The van der Waals surface area contributed by atoms with Gasteiger partial charge in [-0.1, -0.05) is 24.3 Å². The van der Waals surface area contributed by atoms with Crippen LogP contribution < -0.4 is 5.32 Å². The molecule has 4 aromatic rings. The Balaban J connectivity index is 1.75. The van der Waals surface area contributed by atoms with Crippen LogP contribution in [0.25, 0.3) is 22.2 Å². The van der Waals surface area contributed by atoms with Crippen molar-refractivity contribution < 1.29 is 18.3 Å². The second kappa shape index (κ2) is 8.35. The lowest BCUT2D eigenvalue weighted by molar-refractivity contribution is -0.138. The summed E-state index contributed by atoms with van der Waals surface area (Å²) in [6, 6.07) is 10.8. The zero-order valence-electron chi connectivity index (χ0n) is 18.6. The summed E-state index contributed by atoms with van der Waals surface area (Å²) in [6.45, 7) is 6.90. The third-order valence-corrected chi connectivity index (χ3v) is 5.70. The van der Waals surface area contributed by atoms with Crippen LogP contribution >= 0.6 is 0 Å². The number of phenolic OH excluding ortho intramolecular Hbond substituents is 1. The number of aromatic nitrogens is 3. The summed E-state index contributed by atoms with van der Waals surface area (Å²) in [7, 11) is 0. The van der Waals surface area contributed by atoms with Crippen LogP contribution in [0, 0.1) is 20.8 Å². The van der Waals surface area contributed by atoms with E-state index in [4.69, 9.17) is 0 Å². The Labute approximate surface area is 189 Å². The van der Waals surface area contributed by atoms with Gasteiger partial charge >= 0.3 is 6.18 Å². The predicted molar refractivity (Wildman–Crippen MR) is 122 cm³/mol. The lowest BCUT2D eigenvalue weighted by Gasteiger charge is -2.21. The van der Waals surface area contributed by atoms with Crippen molar-refractivity contribution in [1.82, 2.24) is 15.0 Å². The molecular formula is C25H23F3N4O. The Kier molecular flexibility index (Phi) is 5.69. The zero-order chi connectivity index (χ0) is 23.9. The van der Waals surface area contributed by atoms with Crippen molar-refractivity contribution >= 4 is 16.7 Å². The fourth-order valence-corrected chi connectivity index (χ4v) is 4.09. The normalized spacial score (nSPS) is 12.7. The van der Waals surface area contributed by atoms with Crippen LogP contribution in [0.2, 0.25) is 0 Å². The molecule has 2 aromatic carbocycles. The van der Waals surface area contributed by atoms with Crippen LogP contribution in [0.1, 0.15) is 41.0 Å². The van der Waals surface area contributed by atoms with Gasteiger partial charge in [0.1, 0.15) is 17.4 Å². The van der Waals surface area contributed by atoms with Gasteiger partial charge in [-0.2, -0.15) is 13.2 Å². The van der Waals surface area contributed by atoms with E-state index in [-0.39, 0.29) is 11.3 Å². The first-order valence-electron chi connectivity index (χ1n) is 10.4. The molecule has 0 aliphatic heterocycles. The van der Waals surface area contributed by atoms with Crippen molar-refractivity contribution in [3.8, 4) is 17.0 Å². The minimum atomic E-state index is -4.42. The number of phenols is 1. The summed E-state index contributed by atoms with van der Waals surface area (Å²) in [5.41, 5.74) is 2.74. The molecule has 0 aliphatic carbocycles. The average molecular weight is 452 g/mol. The lowest BCUT2D eigenvalue weighted by Crippen LogP contribution is -2.14. The van der Waals surface area contributed by atoms with Gasteiger partial charge in [-0.15, -0.1) is 0 Å². The molecule has 2 aromatic heterocycles. The highest BCUT2D eigenvalue weighted by Crippen LogP contribution is 2.36. The maximum Gasteiger partial charge on any atom is 0.416 e.